The first-order valence-corrected chi connectivity index (χ1v) is 7.82. The Balaban J connectivity index is 2.04. The number of hydrogen-bond donors (Lipinski definition) is 1. The van der Waals surface area contributed by atoms with Crippen molar-refractivity contribution in [3.8, 4) is 0 Å². The largest absolute Gasteiger partial charge is 0.350 e. The van der Waals surface area contributed by atoms with E-state index in [1.54, 1.807) is 30.3 Å². The summed E-state index contributed by atoms with van der Waals surface area (Å²) in [6, 6.07) is 12.4. The molecule has 0 aliphatic carbocycles. The highest BCUT2D eigenvalue weighted by Gasteiger charge is 2.14. The summed E-state index contributed by atoms with van der Waals surface area (Å²) in [5.74, 6) is -1.46. The molecule has 0 bridgehead atoms. The minimum absolute atomic E-state index is 0.0459. The lowest BCUT2D eigenvalue weighted by atomic mass is 10.1. The first kappa shape index (κ1) is 18.3. The number of Topliss-reactive ketones (excluding diaryl/α,β-unsaturated/α-hetero) is 1. The molecule has 2 aromatic rings. The predicted octanol–water partition coefficient (Wildman–Crippen LogP) is 2.81. The van der Waals surface area contributed by atoms with E-state index in [4.69, 9.17) is 0 Å². The molecule has 0 atom stereocenters. The Bertz CT molecular complexity index is 805. The zero-order valence-corrected chi connectivity index (χ0v) is 14.1. The van der Waals surface area contributed by atoms with Crippen LogP contribution in [-0.2, 0) is 4.79 Å². The van der Waals surface area contributed by atoms with Gasteiger partial charge in [-0.2, -0.15) is 0 Å². The van der Waals surface area contributed by atoms with E-state index in [0.29, 0.717) is 11.3 Å². The van der Waals surface area contributed by atoms with E-state index in [1.807, 2.05) is 0 Å². The van der Waals surface area contributed by atoms with Gasteiger partial charge in [-0.15, -0.1) is 0 Å². The molecule has 25 heavy (non-hydrogen) atoms. The average Bonchev–Trinajstić information content (AvgIpc) is 2.58. The Kier molecular flexibility index (Phi) is 6.00. The molecule has 130 valence electrons. The molecule has 0 saturated carbocycles. The molecule has 0 radical (unpaired) electrons. The minimum Gasteiger partial charge on any atom is -0.350 e. The Morgan fingerprint density at radius 1 is 1.04 bits per heavy atom. The standard InChI is InChI=1S/C19H19FN2O3/c1-13(23)15-6-5-7-16(12-15)22(14(2)24)11-10-21-19(25)17-8-3-4-9-18(17)20/h3-9,12H,10-11H2,1-2H3,(H,21,25). The van der Waals surface area contributed by atoms with E-state index in [9.17, 15) is 18.8 Å². The molecule has 0 fully saturated rings. The van der Waals surface area contributed by atoms with Crippen LogP contribution in [0.3, 0.4) is 0 Å². The minimum atomic E-state index is -0.599. The molecule has 0 heterocycles. The smallest absolute Gasteiger partial charge is 0.254 e. The fourth-order valence-electron chi connectivity index (χ4n) is 2.38. The first-order chi connectivity index (χ1) is 11.9. The number of nitrogens with zero attached hydrogens (tertiary/aromatic N) is 1. The van der Waals surface area contributed by atoms with Crippen molar-refractivity contribution in [1.82, 2.24) is 5.32 Å². The Hall–Kier alpha value is -3.02. The highest BCUT2D eigenvalue weighted by molar-refractivity contribution is 5.97. The maximum absolute atomic E-state index is 13.6. The number of benzene rings is 2. The number of anilines is 1. The summed E-state index contributed by atoms with van der Waals surface area (Å²) in [7, 11) is 0. The lowest BCUT2D eigenvalue weighted by Crippen LogP contribution is -2.37. The fraction of sp³-hybridized carbons (Fsp3) is 0.211. The summed E-state index contributed by atoms with van der Waals surface area (Å²) in [5.41, 5.74) is 1.02. The number of nitrogens with one attached hydrogen (secondary N) is 1. The molecule has 0 aromatic heterocycles. The second-order valence-electron chi connectivity index (χ2n) is 5.51. The van der Waals surface area contributed by atoms with Gasteiger partial charge in [-0.3, -0.25) is 14.4 Å². The first-order valence-electron chi connectivity index (χ1n) is 7.82. The summed E-state index contributed by atoms with van der Waals surface area (Å²) in [6.07, 6.45) is 0. The molecular formula is C19H19FN2O3. The molecular weight excluding hydrogens is 323 g/mol. The lowest BCUT2D eigenvalue weighted by molar-refractivity contribution is -0.116. The normalized spacial score (nSPS) is 10.2. The SMILES string of the molecule is CC(=O)c1cccc(N(CCNC(=O)c2ccccc2F)C(C)=O)c1. The van der Waals surface area contributed by atoms with Gasteiger partial charge >= 0.3 is 0 Å². The maximum Gasteiger partial charge on any atom is 0.254 e. The van der Waals surface area contributed by atoms with Crippen LogP contribution in [0.2, 0.25) is 0 Å². The van der Waals surface area contributed by atoms with E-state index >= 15 is 0 Å². The van der Waals surface area contributed by atoms with Gasteiger partial charge in [0, 0.05) is 31.3 Å². The summed E-state index contributed by atoms with van der Waals surface area (Å²) in [6.45, 7) is 3.21. The Morgan fingerprint density at radius 3 is 2.40 bits per heavy atom. The van der Waals surface area contributed by atoms with Crippen LogP contribution in [0.5, 0.6) is 0 Å². The molecule has 5 nitrogen and oxygen atoms in total. The van der Waals surface area contributed by atoms with Gasteiger partial charge in [-0.25, -0.2) is 4.39 Å². The van der Waals surface area contributed by atoms with Crippen molar-refractivity contribution >= 4 is 23.3 Å². The van der Waals surface area contributed by atoms with Crippen LogP contribution in [-0.4, -0.2) is 30.7 Å². The molecule has 0 aliphatic rings. The van der Waals surface area contributed by atoms with Crippen molar-refractivity contribution in [2.45, 2.75) is 13.8 Å². The number of carbonyl (C=O) groups excluding carboxylic acids is 3. The molecule has 0 unspecified atom stereocenters. The third-order valence-electron chi connectivity index (χ3n) is 3.68. The quantitative estimate of drug-likeness (QED) is 0.821. The highest BCUT2D eigenvalue weighted by Crippen LogP contribution is 2.17. The molecule has 0 aliphatic heterocycles. The zero-order valence-electron chi connectivity index (χ0n) is 14.1. The predicted molar refractivity (Wildman–Crippen MR) is 93.2 cm³/mol. The van der Waals surface area contributed by atoms with Crippen LogP contribution < -0.4 is 10.2 Å². The number of carbonyl (C=O) groups is 3. The van der Waals surface area contributed by atoms with Crippen molar-refractivity contribution < 1.29 is 18.8 Å². The van der Waals surface area contributed by atoms with Gasteiger partial charge in [0.15, 0.2) is 5.78 Å². The van der Waals surface area contributed by atoms with Crippen LogP contribution in [0.4, 0.5) is 10.1 Å². The lowest BCUT2D eigenvalue weighted by Gasteiger charge is -2.22. The average molecular weight is 342 g/mol. The third-order valence-corrected chi connectivity index (χ3v) is 3.68. The van der Waals surface area contributed by atoms with Crippen molar-refractivity contribution in [3.63, 3.8) is 0 Å². The molecule has 2 aromatic carbocycles. The summed E-state index contributed by atoms with van der Waals surface area (Å²) < 4.78 is 13.6. The van der Waals surface area contributed by atoms with E-state index in [2.05, 4.69) is 5.32 Å². The van der Waals surface area contributed by atoms with E-state index in [1.165, 1.54) is 36.9 Å². The number of hydrogen-bond acceptors (Lipinski definition) is 3. The zero-order chi connectivity index (χ0) is 18.4. The van der Waals surface area contributed by atoms with Gasteiger partial charge in [0.1, 0.15) is 5.82 Å². The van der Waals surface area contributed by atoms with Crippen LogP contribution in [0.1, 0.15) is 34.6 Å². The second-order valence-corrected chi connectivity index (χ2v) is 5.51. The van der Waals surface area contributed by atoms with Gasteiger partial charge in [0.25, 0.3) is 5.91 Å². The van der Waals surface area contributed by atoms with Crippen LogP contribution in [0.25, 0.3) is 0 Å². The van der Waals surface area contributed by atoms with Gasteiger partial charge in [0.2, 0.25) is 5.91 Å². The summed E-state index contributed by atoms with van der Waals surface area (Å²) >= 11 is 0. The van der Waals surface area contributed by atoms with Crippen molar-refractivity contribution in [3.05, 3.63) is 65.5 Å². The molecule has 2 rings (SSSR count). The van der Waals surface area contributed by atoms with Crippen LogP contribution in [0, 0.1) is 5.82 Å². The number of ketones is 1. The van der Waals surface area contributed by atoms with Gasteiger partial charge in [-0.1, -0.05) is 24.3 Å². The number of halogens is 1. The Labute approximate surface area is 145 Å². The Morgan fingerprint density at radius 2 is 1.76 bits per heavy atom. The van der Waals surface area contributed by atoms with Gasteiger partial charge in [-0.05, 0) is 31.2 Å². The van der Waals surface area contributed by atoms with E-state index < -0.39 is 11.7 Å². The maximum atomic E-state index is 13.6. The highest BCUT2D eigenvalue weighted by atomic mass is 19.1. The summed E-state index contributed by atoms with van der Waals surface area (Å²) in [5, 5.41) is 2.59. The molecule has 6 heteroatoms. The molecule has 0 spiro atoms. The van der Waals surface area contributed by atoms with Crippen molar-refractivity contribution in [1.29, 1.82) is 0 Å². The van der Waals surface area contributed by atoms with Gasteiger partial charge in [0.05, 0.1) is 5.56 Å². The molecule has 1 N–H and O–H groups in total. The number of amides is 2. The van der Waals surface area contributed by atoms with Crippen LogP contribution in [0.15, 0.2) is 48.5 Å². The monoisotopic (exact) mass is 342 g/mol. The fourth-order valence-corrected chi connectivity index (χ4v) is 2.38. The number of rotatable bonds is 6. The second kappa shape index (κ2) is 8.19. The topological polar surface area (TPSA) is 66.5 Å². The van der Waals surface area contributed by atoms with Crippen LogP contribution >= 0.6 is 0 Å². The van der Waals surface area contributed by atoms with Crippen molar-refractivity contribution in [2.24, 2.45) is 0 Å². The van der Waals surface area contributed by atoms with Crippen molar-refractivity contribution in [2.75, 3.05) is 18.0 Å². The molecule has 0 saturated heterocycles. The van der Waals surface area contributed by atoms with Gasteiger partial charge < -0.3 is 10.2 Å². The molecule has 2 amide bonds. The third kappa shape index (κ3) is 4.73. The summed E-state index contributed by atoms with van der Waals surface area (Å²) in [4.78, 5) is 36.8. The van der Waals surface area contributed by atoms with E-state index in [0.717, 1.165) is 0 Å². The van der Waals surface area contributed by atoms with E-state index in [-0.39, 0.29) is 30.3 Å².